The quantitative estimate of drug-likeness (QED) is 0.824. The predicted molar refractivity (Wildman–Crippen MR) is 63.1 cm³/mol. The van der Waals surface area contributed by atoms with Gasteiger partial charge in [-0.3, -0.25) is 4.79 Å². The van der Waals surface area contributed by atoms with E-state index in [-0.39, 0.29) is 11.8 Å². The highest BCUT2D eigenvalue weighted by molar-refractivity contribution is 7.15. The number of aromatic nitrogens is 1. The van der Waals surface area contributed by atoms with E-state index < -0.39 is 0 Å². The normalized spacial score (nSPS) is 12.9. The van der Waals surface area contributed by atoms with E-state index in [2.05, 4.69) is 24.1 Å². The van der Waals surface area contributed by atoms with Crippen molar-refractivity contribution in [3.8, 4) is 0 Å². The van der Waals surface area contributed by atoms with Gasteiger partial charge in [0, 0.05) is 23.5 Å². The van der Waals surface area contributed by atoms with Crippen LogP contribution < -0.4 is 11.1 Å². The largest absolute Gasteiger partial charge is 0.330 e. The molecule has 0 saturated carbocycles. The number of nitrogens with two attached hydrogens (primary N) is 1. The third-order valence-electron chi connectivity index (χ3n) is 2.12. The van der Waals surface area contributed by atoms with Gasteiger partial charge in [0.15, 0.2) is 5.13 Å². The molecule has 0 bridgehead atoms. The van der Waals surface area contributed by atoms with E-state index in [0.29, 0.717) is 17.6 Å². The number of hydrogen-bond donors (Lipinski definition) is 2. The zero-order valence-electron chi connectivity index (χ0n) is 9.28. The number of carbonyl (C=O) groups excluding carboxylic acids is 1. The molecule has 15 heavy (non-hydrogen) atoms. The Kier molecular flexibility index (Phi) is 4.23. The molecule has 1 atom stereocenters. The van der Waals surface area contributed by atoms with Crippen molar-refractivity contribution in [3.63, 3.8) is 0 Å². The highest BCUT2D eigenvalue weighted by Gasteiger charge is 2.13. The minimum atomic E-state index is -0.170. The van der Waals surface area contributed by atoms with Gasteiger partial charge in [-0.2, -0.15) is 0 Å². The Hall–Kier alpha value is -0.940. The molecule has 0 aliphatic carbocycles. The molecule has 0 aliphatic heterocycles. The summed E-state index contributed by atoms with van der Waals surface area (Å²) >= 11 is 1.51. The summed E-state index contributed by atoms with van der Waals surface area (Å²) in [6, 6.07) is 0. The molecule has 4 nitrogen and oxygen atoms in total. The van der Waals surface area contributed by atoms with Crippen molar-refractivity contribution in [2.75, 3.05) is 11.9 Å². The summed E-state index contributed by atoms with van der Waals surface area (Å²) in [4.78, 5) is 16.8. The van der Waals surface area contributed by atoms with E-state index in [1.54, 1.807) is 13.1 Å². The smallest absolute Gasteiger partial charge is 0.230 e. The summed E-state index contributed by atoms with van der Waals surface area (Å²) in [7, 11) is 0. The number of anilines is 1. The van der Waals surface area contributed by atoms with Crippen LogP contribution in [0.2, 0.25) is 0 Å². The minimum absolute atomic E-state index is 0.0674. The molecular formula is C10H17N3OS. The zero-order chi connectivity index (χ0) is 11.4. The van der Waals surface area contributed by atoms with E-state index in [9.17, 15) is 4.79 Å². The second-order valence-electron chi connectivity index (χ2n) is 3.85. The molecule has 3 N–H and O–H groups in total. The second kappa shape index (κ2) is 5.23. The maximum absolute atomic E-state index is 11.5. The lowest BCUT2D eigenvalue weighted by molar-refractivity contribution is -0.119. The SMILES string of the molecule is CC(CN)C(=O)Nc1ncc(C(C)C)s1. The Morgan fingerprint density at radius 3 is 2.73 bits per heavy atom. The first-order chi connectivity index (χ1) is 7.04. The standard InChI is InChI=1S/C10H17N3OS/c1-6(2)8-5-12-10(15-8)13-9(14)7(3)4-11/h5-7H,4,11H2,1-3H3,(H,12,13,14). The molecule has 0 saturated heterocycles. The van der Waals surface area contributed by atoms with Gasteiger partial charge < -0.3 is 11.1 Å². The number of nitrogens with zero attached hydrogens (tertiary/aromatic N) is 1. The number of carbonyl (C=O) groups is 1. The molecule has 1 aromatic rings. The summed E-state index contributed by atoms with van der Waals surface area (Å²) in [5.41, 5.74) is 5.40. The molecule has 1 rings (SSSR count). The van der Waals surface area contributed by atoms with E-state index in [1.165, 1.54) is 16.2 Å². The first kappa shape index (κ1) is 12.1. The van der Waals surface area contributed by atoms with Crippen LogP contribution in [0.25, 0.3) is 0 Å². The van der Waals surface area contributed by atoms with Gasteiger partial charge in [-0.25, -0.2) is 4.98 Å². The Labute approximate surface area is 93.9 Å². The number of nitrogens with one attached hydrogen (secondary N) is 1. The summed E-state index contributed by atoms with van der Waals surface area (Å²) in [5, 5.41) is 3.41. The third kappa shape index (κ3) is 3.28. The molecule has 5 heteroatoms. The first-order valence-electron chi connectivity index (χ1n) is 5.01. The monoisotopic (exact) mass is 227 g/mol. The maximum atomic E-state index is 11.5. The maximum Gasteiger partial charge on any atom is 0.230 e. The van der Waals surface area contributed by atoms with E-state index in [4.69, 9.17) is 5.73 Å². The molecule has 0 radical (unpaired) electrons. The van der Waals surface area contributed by atoms with Crippen molar-refractivity contribution < 1.29 is 4.79 Å². The van der Waals surface area contributed by atoms with Gasteiger partial charge >= 0.3 is 0 Å². The van der Waals surface area contributed by atoms with Crippen molar-refractivity contribution >= 4 is 22.4 Å². The lowest BCUT2D eigenvalue weighted by atomic mass is 10.2. The molecule has 1 aromatic heterocycles. The Morgan fingerprint density at radius 1 is 1.60 bits per heavy atom. The van der Waals surface area contributed by atoms with Crippen molar-refractivity contribution in [1.82, 2.24) is 4.98 Å². The van der Waals surface area contributed by atoms with Crippen molar-refractivity contribution in [1.29, 1.82) is 0 Å². The van der Waals surface area contributed by atoms with Gasteiger partial charge in [-0.15, -0.1) is 11.3 Å². The zero-order valence-corrected chi connectivity index (χ0v) is 10.1. The summed E-state index contributed by atoms with van der Waals surface area (Å²) in [6.07, 6.45) is 1.80. The summed E-state index contributed by atoms with van der Waals surface area (Å²) in [6.45, 7) is 6.35. The molecule has 0 spiro atoms. The van der Waals surface area contributed by atoms with E-state index in [1.807, 2.05) is 0 Å². The van der Waals surface area contributed by atoms with Crippen molar-refractivity contribution in [2.24, 2.45) is 11.7 Å². The number of hydrogen-bond acceptors (Lipinski definition) is 4. The predicted octanol–water partition coefficient (Wildman–Crippen LogP) is 1.80. The van der Waals surface area contributed by atoms with Crippen LogP contribution in [0.15, 0.2) is 6.20 Å². The topological polar surface area (TPSA) is 68.0 Å². The molecular weight excluding hydrogens is 210 g/mol. The number of amides is 1. The van der Waals surface area contributed by atoms with Crippen LogP contribution in [0, 0.1) is 5.92 Å². The number of thiazole rings is 1. The Bertz CT molecular complexity index is 335. The number of rotatable bonds is 4. The Balaban J connectivity index is 2.61. The molecule has 0 aliphatic rings. The van der Waals surface area contributed by atoms with E-state index in [0.717, 1.165) is 0 Å². The average molecular weight is 227 g/mol. The van der Waals surface area contributed by atoms with Gasteiger partial charge in [0.1, 0.15) is 0 Å². The fraction of sp³-hybridized carbons (Fsp3) is 0.600. The molecule has 0 fully saturated rings. The van der Waals surface area contributed by atoms with Crippen LogP contribution in [0.5, 0.6) is 0 Å². The van der Waals surface area contributed by atoms with Crippen LogP contribution in [0.1, 0.15) is 31.6 Å². The second-order valence-corrected chi connectivity index (χ2v) is 4.91. The lowest BCUT2D eigenvalue weighted by Crippen LogP contribution is -2.26. The molecule has 1 heterocycles. The van der Waals surface area contributed by atoms with Gasteiger partial charge in [0.2, 0.25) is 5.91 Å². The molecule has 0 aromatic carbocycles. The van der Waals surface area contributed by atoms with Gasteiger partial charge in [0.25, 0.3) is 0 Å². The first-order valence-corrected chi connectivity index (χ1v) is 5.83. The molecule has 84 valence electrons. The van der Waals surface area contributed by atoms with Crippen LogP contribution in [-0.4, -0.2) is 17.4 Å². The van der Waals surface area contributed by atoms with Crippen molar-refractivity contribution in [2.45, 2.75) is 26.7 Å². The molecule has 1 amide bonds. The fourth-order valence-electron chi connectivity index (χ4n) is 0.947. The fourth-order valence-corrected chi connectivity index (χ4v) is 1.77. The minimum Gasteiger partial charge on any atom is -0.330 e. The van der Waals surface area contributed by atoms with Gasteiger partial charge in [-0.05, 0) is 5.92 Å². The van der Waals surface area contributed by atoms with E-state index >= 15 is 0 Å². The van der Waals surface area contributed by atoms with Crippen molar-refractivity contribution in [3.05, 3.63) is 11.1 Å². The van der Waals surface area contributed by atoms with Gasteiger partial charge in [-0.1, -0.05) is 20.8 Å². The van der Waals surface area contributed by atoms with Crippen LogP contribution in [-0.2, 0) is 4.79 Å². The highest BCUT2D eigenvalue weighted by Crippen LogP contribution is 2.25. The van der Waals surface area contributed by atoms with Gasteiger partial charge in [0.05, 0.1) is 0 Å². The van der Waals surface area contributed by atoms with Crippen LogP contribution in [0.4, 0.5) is 5.13 Å². The third-order valence-corrected chi connectivity index (χ3v) is 3.34. The average Bonchev–Trinajstić information content (AvgIpc) is 2.65. The highest BCUT2D eigenvalue weighted by atomic mass is 32.1. The van der Waals surface area contributed by atoms with Crippen LogP contribution >= 0.6 is 11.3 Å². The summed E-state index contributed by atoms with van der Waals surface area (Å²) < 4.78 is 0. The van der Waals surface area contributed by atoms with Crippen LogP contribution in [0.3, 0.4) is 0 Å². The Morgan fingerprint density at radius 2 is 2.27 bits per heavy atom. The lowest BCUT2D eigenvalue weighted by Gasteiger charge is -2.06. The summed E-state index contributed by atoms with van der Waals surface area (Å²) in [5.74, 6) is 0.207. The molecule has 1 unspecified atom stereocenters.